The van der Waals surface area contributed by atoms with Gasteiger partial charge in [0.25, 0.3) is 0 Å². The zero-order valence-corrected chi connectivity index (χ0v) is 10.0. The van der Waals surface area contributed by atoms with Crippen molar-refractivity contribution in [2.24, 2.45) is 5.73 Å². The van der Waals surface area contributed by atoms with E-state index in [9.17, 15) is 4.79 Å². The maximum absolute atomic E-state index is 11.5. The molecule has 0 bridgehead atoms. The first-order chi connectivity index (χ1) is 8.09. The van der Waals surface area contributed by atoms with Gasteiger partial charge in [-0.3, -0.25) is 9.78 Å². The van der Waals surface area contributed by atoms with Crippen LogP contribution in [0.2, 0.25) is 5.02 Å². The second-order valence-electron chi connectivity index (χ2n) is 3.77. The number of fused-ring (bicyclic) bond motifs is 1. The molecule has 17 heavy (non-hydrogen) atoms. The third kappa shape index (κ3) is 2.38. The van der Waals surface area contributed by atoms with E-state index in [1.165, 1.54) is 0 Å². The highest BCUT2D eigenvalue weighted by molar-refractivity contribution is 6.35. The Labute approximate surface area is 104 Å². The number of benzene rings is 1. The van der Waals surface area contributed by atoms with Crippen LogP contribution in [-0.4, -0.2) is 16.9 Å². The number of carbonyl (C=O) groups excluding carboxylic acids is 1. The lowest BCUT2D eigenvalue weighted by Crippen LogP contribution is -2.32. The Hall–Kier alpha value is -1.65. The van der Waals surface area contributed by atoms with E-state index < -0.39 is 6.04 Å². The van der Waals surface area contributed by atoms with Crippen molar-refractivity contribution < 1.29 is 4.79 Å². The van der Waals surface area contributed by atoms with E-state index in [-0.39, 0.29) is 5.91 Å². The number of halogens is 1. The summed E-state index contributed by atoms with van der Waals surface area (Å²) in [5.74, 6) is -0.251. The van der Waals surface area contributed by atoms with Crippen molar-refractivity contribution in [3.63, 3.8) is 0 Å². The Balaban J connectivity index is 2.48. The number of hydrogen-bond acceptors (Lipinski definition) is 3. The monoisotopic (exact) mass is 249 g/mol. The third-order valence-electron chi connectivity index (χ3n) is 2.39. The Morgan fingerprint density at radius 1 is 1.47 bits per heavy atom. The molecule has 2 rings (SSSR count). The van der Waals surface area contributed by atoms with E-state index in [1.54, 1.807) is 31.3 Å². The minimum absolute atomic E-state index is 0.251. The average molecular weight is 250 g/mol. The molecule has 0 fully saturated rings. The van der Waals surface area contributed by atoms with Gasteiger partial charge in [0.05, 0.1) is 22.3 Å². The van der Waals surface area contributed by atoms with Gasteiger partial charge in [0.15, 0.2) is 0 Å². The fourth-order valence-electron chi connectivity index (χ4n) is 1.49. The molecular weight excluding hydrogens is 238 g/mol. The number of aromatic nitrogens is 1. The fourth-order valence-corrected chi connectivity index (χ4v) is 1.70. The van der Waals surface area contributed by atoms with Crippen LogP contribution in [0.1, 0.15) is 6.92 Å². The molecule has 1 unspecified atom stereocenters. The van der Waals surface area contributed by atoms with Crippen LogP contribution in [0.3, 0.4) is 0 Å². The van der Waals surface area contributed by atoms with E-state index in [4.69, 9.17) is 17.3 Å². The molecule has 1 aromatic heterocycles. The molecule has 0 saturated carbocycles. The lowest BCUT2D eigenvalue weighted by Gasteiger charge is -2.10. The quantitative estimate of drug-likeness (QED) is 0.857. The number of carbonyl (C=O) groups is 1. The molecule has 4 nitrogen and oxygen atoms in total. The second-order valence-corrected chi connectivity index (χ2v) is 4.18. The number of nitrogens with two attached hydrogens (primary N) is 1. The molecule has 5 heteroatoms. The lowest BCUT2D eigenvalue weighted by atomic mass is 10.2. The number of nitrogens with one attached hydrogen (secondary N) is 1. The first-order valence-electron chi connectivity index (χ1n) is 5.19. The van der Waals surface area contributed by atoms with Crippen LogP contribution in [0.15, 0.2) is 30.5 Å². The van der Waals surface area contributed by atoms with Crippen LogP contribution in [0.4, 0.5) is 5.69 Å². The molecule has 1 aromatic carbocycles. The second kappa shape index (κ2) is 4.69. The van der Waals surface area contributed by atoms with Gasteiger partial charge >= 0.3 is 0 Å². The van der Waals surface area contributed by atoms with Crippen LogP contribution in [0.5, 0.6) is 0 Å². The summed E-state index contributed by atoms with van der Waals surface area (Å²) in [6.07, 6.45) is 1.65. The molecule has 0 aliphatic heterocycles. The molecule has 0 spiro atoms. The molecule has 0 saturated heterocycles. The van der Waals surface area contributed by atoms with Crippen LogP contribution in [-0.2, 0) is 4.79 Å². The number of amides is 1. The van der Waals surface area contributed by atoms with E-state index in [0.29, 0.717) is 16.2 Å². The van der Waals surface area contributed by atoms with E-state index in [1.807, 2.05) is 6.07 Å². The molecule has 3 N–H and O–H groups in total. The number of rotatable bonds is 2. The molecule has 1 heterocycles. The Morgan fingerprint density at radius 3 is 2.94 bits per heavy atom. The highest BCUT2D eigenvalue weighted by atomic mass is 35.5. The van der Waals surface area contributed by atoms with Crippen molar-refractivity contribution >= 4 is 34.1 Å². The minimum Gasteiger partial charge on any atom is -0.323 e. The molecule has 0 radical (unpaired) electrons. The normalized spacial score (nSPS) is 12.4. The first-order valence-corrected chi connectivity index (χ1v) is 5.57. The van der Waals surface area contributed by atoms with Crippen molar-refractivity contribution in [2.75, 3.05) is 5.32 Å². The van der Waals surface area contributed by atoms with E-state index in [2.05, 4.69) is 10.3 Å². The first kappa shape index (κ1) is 11.8. The smallest absolute Gasteiger partial charge is 0.241 e. The summed E-state index contributed by atoms with van der Waals surface area (Å²) in [6.45, 7) is 1.63. The summed E-state index contributed by atoms with van der Waals surface area (Å²) < 4.78 is 0. The van der Waals surface area contributed by atoms with Gasteiger partial charge in [-0.1, -0.05) is 11.6 Å². The van der Waals surface area contributed by atoms with Crippen LogP contribution < -0.4 is 11.1 Å². The van der Waals surface area contributed by atoms with Gasteiger partial charge in [-0.05, 0) is 31.2 Å². The predicted octanol–water partition coefficient (Wildman–Crippen LogP) is 2.17. The van der Waals surface area contributed by atoms with Gasteiger partial charge in [0.1, 0.15) is 0 Å². The Morgan fingerprint density at radius 2 is 2.24 bits per heavy atom. The van der Waals surface area contributed by atoms with Crippen molar-refractivity contribution in [2.45, 2.75) is 13.0 Å². The average Bonchev–Trinajstić information content (AvgIpc) is 2.33. The summed E-state index contributed by atoms with van der Waals surface area (Å²) in [5, 5.41) is 4.13. The topological polar surface area (TPSA) is 68.0 Å². The Kier molecular flexibility index (Phi) is 3.26. The van der Waals surface area contributed by atoms with Gasteiger partial charge < -0.3 is 11.1 Å². The van der Waals surface area contributed by atoms with Gasteiger partial charge in [0.2, 0.25) is 5.91 Å². The van der Waals surface area contributed by atoms with Crippen molar-refractivity contribution in [3.05, 3.63) is 35.5 Å². The standard InChI is InChI=1S/C12H12ClN3O/c1-7(14)12(17)16-10-5-4-9(13)8-3-2-6-15-11(8)10/h2-7H,14H2,1H3,(H,16,17). The van der Waals surface area contributed by atoms with Crippen LogP contribution in [0.25, 0.3) is 10.9 Å². The summed E-state index contributed by atoms with van der Waals surface area (Å²) in [5.41, 5.74) is 6.78. The predicted molar refractivity (Wildman–Crippen MR) is 69.0 cm³/mol. The minimum atomic E-state index is -0.565. The van der Waals surface area contributed by atoms with Crippen molar-refractivity contribution in [3.8, 4) is 0 Å². The molecule has 1 atom stereocenters. The highest BCUT2D eigenvalue weighted by Gasteiger charge is 2.11. The molecule has 0 aliphatic carbocycles. The molecular formula is C12H12ClN3O. The lowest BCUT2D eigenvalue weighted by molar-refractivity contribution is -0.117. The number of anilines is 1. The number of nitrogens with zero attached hydrogens (tertiary/aromatic N) is 1. The fraction of sp³-hybridized carbons (Fsp3) is 0.167. The summed E-state index contributed by atoms with van der Waals surface area (Å²) in [6, 6.07) is 6.53. The van der Waals surface area contributed by atoms with Crippen LogP contribution >= 0.6 is 11.6 Å². The largest absolute Gasteiger partial charge is 0.323 e. The van der Waals surface area contributed by atoms with Gasteiger partial charge in [-0.15, -0.1) is 0 Å². The summed E-state index contributed by atoms with van der Waals surface area (Å²) in [7, 11) is 0. The van der Waals surface area contributed by atoms with E-state index >= 15 is 0 Å². The highest BCUT2D eigenvalue weighted by Crippen LogP contribution is 2.27. The SMILES string of the molecule is CC(N)C(=O)Nc1ccc(Cl)c2cccnc12. The van der Waals surface area contributed by atoms with Gasteiger partial charge in [0, 0.05) is 11.6 Å². The third-order valence-corrected chi connectivity index (χ3v) is 2.72. The maximum Gasteiger partial charge on any atom is 0.241 e. The molecule has 88 valence electrons. The van der Waals surface area contributed by atoms with Crippen LogP contribution in [0, 0.1) is 0 Å². The zero-order valence-electron chi connectivity index (χ0n) is 9.27. The molecule has 2 aromatic rings. The number of hydrogen-bond donors (Lipinski definition) is 2. The molecule has 1 amide bonds. The summed E-state index contributed by atoms with van der Waals surface area (Å²) in [4.78, 5) is 15.8. The van der Waals surface area contributed by atoms with E-state index in [0.717, 1.165) is 5.39 Å². The summed E-state index contributed by atoms with van der Waals surface area (Å²) >= 11 is 6.05. The Bertz CT molecular complexity index is 569. The molecule has 0 aliphatic rings. The van der Waals surface area contributed by atoms with Gasteiger partial charge in [-0.25, -0.2) is 0 Å². The van der Waals surface area contributed by atoms with Crippen molar-refractivity contribution in [1.82, 2.24) is 4.98 Å². The number of pyridine rings is 1. The van der Waals surface area contributed by atoms with Crippen molar-refractivity contribution in [1.29, 1.82) is 0 Å². The van der Waals surface area contributed by atoms with Gasteiger partial charge in [-0.2, -0.15) is 0 Å². The maximum atomic E-state index is 11.5. The zero-order chi connectivity index (χ0) is 12.4.